The molecule has 0 saturated carbocycles. The first-order chi connectivity index (χ1) is 15.1. The lowest BCUT2D eigenvalue weighted by Gasteiger charge is -2.16. The molecule has 0 aliphatic carbocycles. The Bertz CT molecular complexity index is 1250. The molecule has 170 valence electrons. The number of aromatic nitrogens is 2. The number of hydrogen-bond acceptors (Lipinski definition) is 8. The highest BCUT2D eigenvalue weighted by Crippen LogP contribution is 2.30. The summed E-state index contributed by atoms with van der Waals surface area (Å²) in [5.74, 6) is 0.454. The molecule has 1 N–H and O–H groups in total. The van der Waals surface area contributed by atoms with E-state index in [1.165, 1.54) is 39.5 Å². The molecule has 2 aromatic carbocycles. The Morgan fingerprint density at radius 3 is 2.47 bits per heavy atom. The molecular formula is C19H18Cl2N4O5S2. The highest BCUT2D eigenvalue weighted by molar-refractivity contribution is 7.91. The van der Waals surface area contributed by atoms with Crippen molar-refractivity contribution in [2.45, 2.75) is 10.9 Å². The van der Waals surface area contributed by atoms with Crippen LogP contribution in [0.2, 0.25) is 10.0 Å². The highest BCUT2D eigenvalue weighted by Gasteiger charge is 2.27. The maximum atomic E-state index is 12.9. The van der Waals surface area contributed by atoms with E-state index in [0.717, 1.165) is 15.6 Å². The largest absolute Gasteiger partial charge is 0.493 e. The fourth-order valence-corrected chi connectivity index (χ4v) is 5.39. The smallest absolute Gasteiger partial charge is 0.272 e. The van der Waals surface area contributed by atoms with Crippen molar-refractivity contribution in [2.75, 3.05) is 26.6 Å². The van der Waals surface area contributed by atoms with Gasteiger partial charge in [-0.1, -0.05) is 40.6 Å². The SMILES string of the molecule is COc1ccc(CN(C)S(=O)(=O)c2nnc(NC(=O)c3ccc(Cl)cc3Cl)s2)cc1OC. The van der Waals surface area contributed by atoms with Crippen molar-refractivity contribution in [1.82, 2.24) is 14.5 Å². The third kappa shape index (κ3) is 5.30. The highest BCUT2D eigenvalue weighted by atomic mass is 35.5. The van der Waals surface area contributed by atoms with Crippen LogP contribution in [0.3, 0.4) is 0 Å². The van der Waals surface area contributed by atoms with E-state index in [2.05, 4.69) is 15.5 Å². The molecule has 0 saturated heterocycles. The predicted octanol–water partition coefficient (Wildman–Crippen LogP) is 3.94. The van der Waals surface area contributed by atoms with E-state index < -0.39 is 15.9 Å². The van der Waals surface area contributed by atoms with E-state index in [0.29, 0.717) is 22.1 Å². The van der Waals surface area contributed by atoms with E-state index in [1.807, 2.05) is 0 Å². The second-order valence-corrected chi connectivity index (χ2v) is 10.4. The number of carbonyl (C=O) groups excluding carboxylic acids is 1. The average molecular weight is 517 g/mol. The molecule has 32 heavy (non-hydrogen) atoms. The molecule has 0 spiro atoms. The summed E-state index contributed by atoms with van der Waals surface area (Å²) in [5.41, 5.74) is 0.852. The summed E-state index contributed by atoms with van der Waals surface area (Å²) in [6.07, 6.45) is 0. The van der Waals surface area contributed by atoms with Crippen molar-refractivity contribution >= 4 is 55.6 Å². The summed E-state index contributed by atoms with van der Waals surface area (Å²) < 4.78 is 37.1. The molecule has 1 amide bonds. The van der Waals surface area contributed by atoms with Crippen LogP contribution in [-0.4, -0.2) is 50.1 Å². The maximum absolute atomic E-state index is 12.9. The van der Waals surface area contributed by atoms with Crippen molar-refractivity contribution in [3.8, 4) is 11.5 Å². The van der Waals surface area contributed by atoms with Gasteiger partial charge < -0.3 is 9.47 Å². The summed E-state index contributed by atoms with van der Waals surface area (Å²) in [7, 11) is 0.473. The lowest BCUT2D eigenvalue weighted by atomic mass is 10.2. The summed E-state index contributed by atoms with van der Waals surface area (Å²) in [6.45, 7) is 0.0599. The van der Waals surface area contributed by atoms with Crippen LogP contribution in [0, 0.1) is 0 Å². The quantitative estimate of drug-likeness (QED) is 0.451. The molecule has 3 aromatic rings. The molecule has 0 aliphatic rings. The zero-order chi connectivity index (χ0) is 23.5. The topological polar surface area (TPSA) is 111 Å². The number of carbonyl (C=O) groups is 1. The number of sulfonamides is 1. The van der Waals surface area contributed by atoms with E-state index in [1.54, 1.807) is 18.2 Å². The zero-order valence-corrected chi connectivity index (χ0v) is 20.3. The lowest BCUT2D eigenvalue weighted by molar-refractivity contribution is 0.102. The molecule has 0 unspecified atom stereocenters. The lowest BCUT2D eigenvalue weighted by Crippen LogP contribution is -2.26. The van der Waals surface area contributed by atoms with Crippen LogP contribution >= 0.6 is 34.5 Å². The van der Waals surface area contributed by atoms with E-state index >= 15 is 0 Å². The second-order valence-electron chi connectivity index (χ2n) is 6.40. The second kappa shape index (κ2) is 10.0. The van der Waals surface area contributed by atoms with Gasteiger partial charge in [0, 0.05) is 18.6 Å². The molecule has 1 aromatic heterocycles. The van der Waals surface area contributed by atoms with E-state index in [-0.39, 0.29) is 26.6 Å². The van der Waals surface area contributed by atoms with E-state index in [9.17, 15) is 13.2 Å². The Hall–Kier alpha value is -2.44. The first-order valence-corrected chi connectivity index (χ1v) is 11.9. The molecule has 13 heteroatoms. The molecular weight excluding hydrogens is 499 g/mol. The van der Waals surface area contributed by atoms with Gasteiger partial charge in [0.1, 0.15) is 0 Å². The van der Waals surface area contributed by atoms with Gasteiger partial charge in [-0.25, -0.2) is 8.42 Å². The number of anilines is 1. The van der Waals surface area contributed by atoms with Crippen LogP contribution in [-0.2, 0) is 16.6 Å². The third-order valence-electron chi connectivity index (χ3n) is 4.29. The van der Waals surface area contributed by atoms with Crippen molar-refractivity contribution in [1.29, 1.82) is 0 Å². The summed E-state index contributed by atoms with van der Waals surface area (Å²) in [4.78, 5) is 12.4. The molecule has 0 radical (unpaired) electrons. The van der Waals surface area contributed by atoms with Crippen LogP contribution < -0.4 is 14.8 Å². The number of halogens is 2. The first kappa shape index (κ1) is 24.2. The molecule has 0 fully saturated rings. The molecule has 0 bridgehead atoms. The third-order valence-corrected chi connectivity index (χ3v) is 7.82. The molecule has 1 heterocycles. The van der Waals surface area contributed by atoms with Gasteiger partial charge in [0.15, 0.2) is 11.5 Å². The Morgan fingerprint density at radius 1 is 1.09 bits per heavy atom. The van der Waals surface area contributed by atoms with Gasteiger partial charge in [-0.2, -0.15) is 4.31 Å². The molecule has 0 aliphatic heterocycles. The number of amides is 1. The fourth-order valence-electron chi connectivity index (χ4n) is 2.66. The van der Waals surface area contributed by atoms with Gasteiger partial charge in [0.2, 0.25) is 9.47 Å². The maximum Gasteiger partial charge on any atom is 0.272 e. The van der Waals surface area contributed by atoms with Gasteiger partial charge >= 0.3 is 0 Å². The van der Waals surface area contributed by atoms with Crippen LogP contribution in [0.1, 0.15) is 15.9 Å². The number of methoxy groups -OCH3 is 2. The first-order valence-electron chi connectivity index (χ1n) is 8.93. The van der Waals surface area contributed by atoms with Crippen LogP contribution in [0.15, 0.2) is 40.7 Å². The normalized spacial score (nSPS) is 11.4. The molecule has 3 rings (SSSR count). The van der Waals surface area contributed by atoms with Crippen LogP contribution in [0.4, 0.5) is 5.13 Å². The van der Waals surface area contributed by atoms with E-state index in [4.69, 9.17) is 32.7 Å². The average Bonchev–Trinajstić information content (AvgIpc) is 3.22. The van der Waals surface area contributed by atoms with Crippen molar-refractivity contribution < 1.29 is 22.7 Å². The number of hydrogen-bond donors (Lipinski definition) is 1. The van der Waals surface area contributed by atoms with Gasteiger partial charge in [0.25, 0.3) is 15.9 Å². The number of benzene rings is 2. The van der Waals surface area contributed by atoms with Crippen LogP contribution in [0.5, 0.6) is 11.5 Å². The minimum absolute atomic E-state index is 0.0131. The van der Waals surface area contributed by atoms with Crippen molar-refractivity contribution in [3.05, 3.63) is 57.6 Å². The number of nitrogens with one attached hydrogen (secondary N) is 1. The predicted molar refractivity (Wildman–Crippen MR) is 123 cm³/mol. The Morgan fingerprint density at radius 2 is 1.81 bits per heavy atom. The molecule has 9 nitrogen and oxygen atoms in total. The van der Waals surface area contributed by atoms with Gasteiger partial charge in [-0.3, -0.25) is 10.1 Å². The van der Waals surface area contributed by atoms with Gasteiger partial charge in [0.05, 0.1) is 24.8 Å². The standard InChI is InChI=1S/C19H18Cl2N4O5S2/c1-25(10-11-4-7-15(29-2)16(8-11)30-3)32(27,28)19-24-23-18(31-19)22-17(26)13-6-5-12(20)9-14(13)21/h4-9H,10H2,1-3H3,(H,22,23,26). The number of nitrogens with zero attached hydrogens (tertiary/aromatic N) is 3. The van der Waals surface area contributed by atoms with Crippen LogP contribution in [0.25, 0.3) is 0 Å². The zero-order valence-electron chi connectivity index (χ0n) is 17.1. The van der Waals surface area contributed by atoms with Crippen molar-refractivity contribution in [3.63, 3.8) is 0 Å². The summed E-state index contributed by atoms with van der Waals surface area (Å²) in [6, 6.07) is 9.50. The Balaban J connectivity index is 1.74. The minimum atomic E-state index is -3.95. The monoisotopic (exact) mass is 516 g/mol. The number of ether oxygens (including phenoxy) is 2. The molecule has 0 atom stereocenters. The van der Waals surface area contributed by atoms with Gasteiger partial charge in [-0.05, 0) is 35.9 Å². The Labute approximate surface area is 198 Å². The minimum Gasteiger partial charge on any atom is -0.493 e. The summed E-state index contributed by atoms with van der Waals surface area (Å²) in [5, 5.41) is 10.5. The Kier molecular flexibility index (Phi) is 7.57. The van der Waals surface area contributed by atoms with Gasteiger partial charge in [-0.15, -0.1) is 10.2 Å². The fraction of sp³-hybridized carbons (Fsp3) is 0.211. The summed E-state index contributed by atoms with van der Waals surface area (Å²) >= 11 is 12.6. The van der Waals surface area contributed by atoms with Crippen molar-refractivity contribution in [2.24, 2.45) is 0 Å². The number of rotatable bonds is 8.